The summed E-state index contributed by atoms with van der Waals surface area (Å²) in [6.07, 6.45) is -1.71. The molecule has 11 heteroatoms. The van der Waals surface area contributed by atoms with E-state index in [1.807, 2.05) is 0 Å². The number of alkyl halides is 3. The Balaban J connectivity index is 1.67. The van der Waals surface area contributed by atoms with Gasteiger partial charge in [0.25, 0.3) is 5.56 Å². The van der Waals surface area contributed by atoms with Gasteiger partial charge >= 0.3 is 11.9 Å². The highest BCUT2D eigenvalue weighted by Crippen LogP contribution is 2.29. The molecule has 4 aromatic rings. The predicted octanol–water partition coefficient (Wildman–Crippen LogP) is 2.86. The number of hydrogen-bond donors (Lipinski definition) is 1. The first-order valence-electron chi connectivity index (χ1n) is 9.32. The number of carbonyl (C=O) groups excluding carboxylic acids is 1. The zero-order chi connectivity index (χ0) is 22.9. The van der Waals surface area contributed by atoms with Gasteiger partial charge < -0.3 is 9.73 Å². The normalized spacial score (nSPS) is 11.6. The van der Waals surface area contributed by atoms with Gasteiger partial charge in [-0.25, -0.2) is 9.78 Å². The lowest BCUT2D eigenvalue weighted by Crippen LogP contribution is -2.42. The van der Waals surface area contributed by atoms with E-state index in [0.717, 1.165) is 33.4 Å². The summed E-state index contributed by atoms with van der Waals surface area (Å²) < 4.78 is 45.3. The fourth-order valence-corrected chi connectivity index (χ4v) is 3.18. The van der Waals surface area contributed by atoms with Crippen molar-refractivity contribution in [3.63, 3.8) is 0 Å². The molecule has 164 valence electrons. The molecule has 0 fully saturated rings. The van der Waals surface area contributed by atoms with Gasteiger partial charge in [-0.1, -0.05) is 0 Å². The first-order valence-corrected chi connectivity index (χ1v) is 9.32. The van der Waals surface area contributed by atoms with E-state index in [2.05, 4.69) is 10.3 Å². The van der Waals surface area contributed by atoms with Gasteiger partial charge in [0.2, 0.25) is 5.91 Å². The lowest BCUT2D eigenvalue weighted by atomic mass is 10.2. The molecule has 1 aromatic carbocycles. The highest BCUT2D eigenvalue weighted by molar-refractivity contribution is 5.91. The van der Waals surface area contributed by atoms with Gasteiger partial charge in [-0.15, -0.1) is 0 Å². The second kappa shape index (κ2) is 8.17. The van der Waals surface area contributed by atoms with Crippen molar-refractivity contribution in [3.8, 4) is 0 Å². The van der Waals surface area contributed by atoms with Crippen molar-refractivity contribution < 1.29 is 22.4 Å². The Morgan fingerprint density at radius 2 is 1.78 bits per heavy atom. The number of furan rings is 1. The van der Waals surface area contributed by atoms with Crippen LogP contribution in [-0.2, 0) is 24.1 Å². The molecule has 0 saturated carbocycles. The number of carbonyl (C=O) groups is 1. The molecule has 32 heavy (non-hydrogen) atoms. The molecule has 3 aromatic heterocycles. The van der Waals surface area contributed by atoms with Crippen molar-refractivity contribution in [2.24, 2.45) is 0 Å². The van der Waals surface area contributed by atoms with Crippen LogP contribution in [0.5, 0.6) is 0 Å². The fraction of sp³-hybridized carbons (Fsp3) is 0.143. The number of nitrogens with one attached hydrogen (secondary N) is 1. The van der Waals surface area contributed by atoms with Crippen LogP contribution in [0, 0.1) is 0 Å². The van der Waals surface area contributed by atoms with E-state index in [1.165, 1.54) is 24.6 Å². The summed E-state index contributed by atoms with van der Waals surface area (Å²) in [6, 6.07) is 10.1. The van der Waals surface area contributed by atoms with Crippen LogP contribution in [0.25, 0.3) is 11.0 Å². The maximum atomic E-state index is 13.0. The average molecular weight is 444 g/mol. The van der Waals surface area contributed by atoms with Gasteiger partial charge in [-0.2, -0.15) is 13.2 Å². The number of fused-ring (bicyclic) bond motifs is 1. The van der Waals surface area contributed by atoms with Crippen LogP contribution in [-0.4, -0.2) is 20.0 Å². The van der Waals surface area contributed by atoms with E-state index in [1.54, 1.807) is 12.1 Å². The number of pyridine rings is 1. The number of rotatable bonds is 5. The van der Waals surface area contributed by atoms with Gasteiger partial charge in [0.05, 0.1) is 23.9 Å². The van der Waals surface area contributed by atoms with Crippen LogP contribution in [0.3, 0.4) is 0 Å². The summed E-state index contributed by atoms with van der Waals surface area (Å²) in [7, 11) is 0. The van der Waals surface area contributed by atoms with Crippen LogP contribution in [0.15, 0.2) is 75.0 Å². The quantitative estimate of drug-likeness (QED) is 0.510. The molecule has 0 aliphatic rings. The molecule has 8 nitrogen and oxygen atoms in total. The smallest absolute Gasteiger partial charge is 0.416 e. The molecule has 0 radical (unpaired) electrons. The zero-order valence-electron chi connectivity index (χ0n) is 16.3. The van der Waals surface area contributed by atoms with Crippen molar-refractivity contribution in [2.45, 2.75) is 19.3 Å². The largest absolute Gasteiger partial charge is 0.467 e. The van der Waals surface area contributed by atoms with Gasteiger partial charge in [-0.3, -0.25) is 18.7 Å². The molecule has 0 unspecified atom stereocenters. The standard InChI is InChI=1S/C21H15F3N4O4/c22-21(23,24)13-5-7-14(8-6-13)26-17(29)12-27-16-4-1-9-25-18(16)19(30)28(20(27)31)11-15-3-2-10-32-15/h1-10H,11-12H2,(H,26,29). The first-order chi connectivity index (χ1) is 15.2. The van der Waals surface area contributed by atoms with Gasteiger partial charge in [0.15, 0.2) is 5.52 Å². The zero-order valence-corrected chi connectivity index (χ0v) is 16.3. The summed E-state index contributed by atoms with van der Waals surface area (Å²) in [5.74, 6) is -0.305. The third-order valence-electron chi connectivity index (χ3n) is 4.68. The molecule has 1 N–H and O–H groups in total. The van der Waals surface area contributed by atoms with E-state index >= 15 is 0 Å². The van der Waals surface area contributed by atoms with E-state index in [9.17, 15) is 27.6 Å². The molecule has 0 atom stereocenters. The van der Waals surface area contributed by atoms with E-state index < -0.39 is 35.4 Å². The molecule has 0 bridgehead atoms. The second-order valence-corrected chi connectivity index (χ2v) is 6.83. The number of aromatic nitrogens is 3. The number of hydrogen-bond acceptors (Lipinski definition) is 5. The van der Waals surface area contributed by atoms with Crippen molar-refractivity contribution in [2.75, 3.05) is 5.32 Å². The summed E-state index contributed by atoms with van der Waals surface area (Å²) in [6.45, 7) is -0.641. The summed E-state index contributed by atoms with van der Waals surface area (Å²) in [5, 5.41) is 2.45. The van der Waals surface area contributed by atoms with Crippen LogP contribution >= 0.6 is 0 Å². The average Bonchev–Trinajstić information content (AvgIpc) is 3.27. The molecule has 0 spiro atoms. The maximum absolute atomic E-state index is 13.0. The Morgan fingerprint density at radius 3 is 2.44 bits per heavy atom. The molecule has 0 aliphatic heterocycles. The number of nitrogens with zero attached hydrogens (tertiary/aromatic N) is 3. The van der Waals surface area contributed by atoms with Gasteiger partial charge in [0, 0.05) is 11.9 Å². The van der Waals surface area contributed by atoms with Crippen molar-refractivity contribution in [1.82, 2.24) is 14.1 Å². The monoisotopic (exact) mass is 444 g/mol. The third-order valence-corrected chi connectivity index (χ3v) is 4.68. The number of amides is 1. The molecule has 0 saturated heterocycles. The fourth-order valence-electron chi connectivity index (χ4n) is 3.18. The molecular formula is C21H15F3N4O4. The van der Waals surface area contributed by atoms with E-state index in [-0.39, 0.29) is 23.3 Å². The first kappa shape index (κ1) is 21.1. The van der Waals surface area contributed by atoms with Crippen molar-refractivity contribution in [3.05, 3.63) is 93.2 Å². The molecular weight excluding hydrogens is 429 g/mol. The van der Waals surface area contributed by atoms with Crippen molar-refractivity contribution in [1.29, 1.82) is 0 Å². The van der Waals surface area contributed by atoms with E-state index in [4.69, 9.17) is 4.42 Å². The molecule has 1 amide bonds. The third kappa shape index (κ3) is 4.17. The highest BCUT2D eigenvalue weighted by Gasteiger charge is 2.30. The predicted molar refractivity (Wildman–Crippen MR) is 108 cm³/mol. The van der Waals surface area contributed by atoms with Gasteiger partial charge in [0.1, 0.15) is 12.3 Å². The minimum Gasteiger partial charge on any atom is -0.467 e. The molecule has 3 heterocycles. The Kier molecular flexibility index (Phi) is 5.39. The summed E-state index contributed by atoms with van der Waals surface area (Å²) in [4.78, 5) is 42.4. The molecule has 4 rings (SSSR count). The molecule has 0 aliphatic carbocycles. The Morgan fingerprint density at radius 1 is 1.03 bits per heavy atom. The van der Waals surface area contributed by atoms with Crippen LogP contribution in [0.4, 0.5) is 18.9 Å². The topological polar surface area (TPSA) is 99.1 Å². The summed E-state index contributed by atoms with van der Waals surface area (Å²) in [5.41, 5.74) is -1.98. The van der Waals surface area contributed by atoms with Crippen molar-refractivity contribution >= 4 is 22.6 Å². The lowest BCUT2D eigenvalue weighted by molar-refractivity contribution is -0.137. The number of benzene rings is 1. The van der Waals surface area contributed by atoms with E-state index in [0.29, 0.717) is 5.76 Å². The number of halogens is 3. The second-order valence-electron chi connectivity index (χ2n) is 6.83. The van der Waals surface area contributed by atoms with Gasteiger partial charge in [-0.05, 0) is 48.5 Å². The SMILES string of the molecule is O=C(Cn1c(=O)n(Cc2ccco2)c(=O)c2ncccc21)Nc1ccc(C(F)(F)F)cc1. The minimum atomic E-state index is -4.50. The van der Waals surface area contributed by atoms with Crippen LogP contribution in [0.1, 0.15) is 11.3 Å². The highest BCUT2D eigenvalue weighted by atomic mass is 19.4. The Labute approximate surface area is 177 Å². The van der Waals surface area contributed by atoms with Crippen LogP contribution in [0.2, 0.25) is 0 Å². The van der Waals surface area contributed by atoms with Crippen LogP contribution < -0.4 is 16.6 Å². The Bertz CT molecular complexity index is 1390. The summed E-state index contributed by atoms with van der Waals surface area (Å²) >= 11 is 0. The minimum absolute atomic E-state index is 0.0130. The Hall–Kier alpha value is -4.15. The number of anilines is 1. The maximum Gasteiger partial charge on any atom is 0.416 e. The lowest BCUT2D eigenvalue weighted by Gasteiger charge is -2.13.